The zero-order valence-electron chi connectivity index (χ0n) is 10.8. The van der Waals surface area contributed by atoms with Crippen LogP contribution in [0.4, 0.5) is 0 Å². The number of hydrogen-bond acceptors (Lipinski definition) is 3. The largest absolute Gasteiger partial charge is 0.478 e. The Morgan fingerprint density at radius 1 is 1.10 bits per heavy atom. The molecule has 0 radical (unpaired) electrons. The molecule has 0 aliphatic carbocycles. The first kappa shape index (κ1) is 13.8. The summed E-state index contributed by atoms with van der Waals surface area (Å²) in [5.41, 5.74) is 2.76. The molecule has 0 fully saturated rings. The van der Waals surface area contributed by atoms with E-state index in [1.54, 1.807) is 18.2 Å². The number of rotatable bonds is 3. The number of benzene rings is 2. The van der Waals surface area contributed by atoms with Gasteiger partial charge in [0.25, 0.3) is 0 Å². The molecule has 0 aliphatic heterocycles. The van der Waals surface area contributed by atoms with Crippen LogP contribution in [0.3, 0.4) is 0 Å². The van der Waals surface area contributed by atoms with E-state index in [0.717, 1.165) is 21.8 Å². The van der Waals surface area contributed by atoms with Crippen LogP contribution in [-0.2, 0) is 0 Å². The topological polar surface area (TPSA) is 50.2 Å². The summed E-state index contributed by atoms with van der Waals surface area (Å²) in [4.78, 5) is 15.6. The average Bonchev–Trinajstić information content (AvgIpc) is 2.97. The van der Waals surface area contributed by atoms with Crippen molar-refractivity contribution in [1.29, 1.82) is 0 Å². The first-order chi connectivity index (χ1) is 10.1. The molecule has 0 atom stereocenters. The highest BCUT2D eigenvalue weighted by Crippen LogP contribution is 2.30. The molecule has 0 unspecified atom stereocenters. The van der Waals surface area contributed by atoms with Gasteiger partial charge in [-0.2, -0.15) is 0 Å². The molecule has 104 valence electrons. The summed E-state index contributed by atoms with van der Waals surface area (Å²) in [6.45, 7) is 0. The summed E-state index contributed by atoms with van der Waals surface area (Å²) >= 11 is 7.49. The minimum atomic E-state index is -0.942. The van der Waals surface area contributed by atoms with Gasteiger partial charge in [0.15, 0.2) is 0 Å². The number of aromatic carboxylic acids is 1. The second-order valence-corrected chi connectivity index (χ2v) is 5.73. The van der Waals surface area contributed by atoms with Gasteiger partial charge in [-0.1, -0.05) is 35.9 Å². The third-order valence-electron chi connectivity index (χ3n) is 2.98. The van der Waals surface area contributed by atoms with E-state index in [2.05, 4.69) is 4.98 Å². The maximum absolute atomic E-state index is 11.0. The molecule has 3 aromatic rings. The third kappa shape index (κ3) is 2.96. The Balaban J connectivity index is 1.98. The zero-order chi connectivity index (χ0) is 14.8. The van der Waals surface area contributed by atoms with Crippen LogP contribution in [0.5, 0.6) is 0 Å². The molecule has 21 heavy (non-hydrogen) atoms. The standard InChI is InChI=1S/C16H10ClNO2S/c17-13-6-2-4-11(8-13)15-18-14(9-21-15)10-3-1-5-12(7-10)16(19)20/h1-9H,(H,19,20). The Labute approximate surface area is 130 Å². The number of thiazole rings is 1. The Morgan fingerprint density at radius 3 is 2.62 bits per heavy atom. The molecule has 0 amide bonds. The molecule has 2 aromatic carbocycles. The summed E-state index contributed by atoms with van der Waals surface area (Å²) in [5, 5.41) is 12.5. The fourth-order valence-corrected chi connectivity index (χ4v) is 2.99. The van der Waals surface area contributed by atoms with Crippen molar-refractivity contribution in [3.8, 4) is 21.8 Å². The van der Waals surface area contributed by atoms with E-state index in [9.17, 15) is 4.79 Å². The van der Waals surface area contributed by atoms with E-state index in [0.29, 0.717) is 5.02 Å². The monoisotopic (exact) mass is 315 g/mol. The fraction of sp³-hybridized carbons (Fsp3) is 0. The molecule has 0 aliphatic rings. The molecule has 3 nitrogen and oxygen atoms in total. The van der Waals surface area contributed by atoms with Gasteiger partial charge in [-0.25, -0.2) is 9.78 Å². The number of carboxylic acids is 1. The molecule has 0 spiro atoms. The quantitative estimate of drug-likeness (QED) is 0.753. The SMILES string of the molecule is O=C(O)c1cccc(-c2csc(-c3cccc(Cl)c3)n2)c1. The van der Waals surface area contributed by atoms with Gasteiger partial charge in [-0.15, -0.1) is 11.3 Å². The maximum atomic E-state index is 11.0. The first-order valence-corrected chi connectivity index (χ1v) is 7.44. The van der Waals surface area contributed by atoms with Crippen LogP contribution in [-0.4, -0.2) is 16.1 Å². The van der Waals surface area contributed by atoms with Crippen LogP contribution >= 0.6 is 22.9 Å². The number of nitrogens with zero attached hydrogens (tertiary/aromatic N) is 1. The van der Waals surface area contributed by atoms with Crippen molar-refractivity contribution in [1.82, 2.24) is 4.98 Å². The lowest BCUT2D eigenvalue weighted by atomic mass is 10.1. The van der Waals surface area contributed by atoms with Crippen LogP contribution < -0.4 is 0 Å². The van der Waals surface area contributed by atoms with Crippen molar-refractivity contribution >= 4 is 28.9 Å². The molecule has 3 rings (SSSR count). The normalized spacial score (nSPS) is 10.5. The van der Waals surface area contributed by atoms with Crippen molar-refractivity contribution in [2.24, 2.45) is 0 Å². The van der Waals surface area contributed by atoms with Crippen molar-refractivity contribution < 1.29 is 9.90 Å². The number of carbonyl (C=O) groups is 1. The predicted octanol–water partition coefficient (Wildman–Crippen LogP) is 4.83. The van der Waals surface area contributed by atoms with Crippen LogP contribution in [0.15, 0.2) is 53.9 Å². The van der Waals surface area contributed by atoms with Crippen molar-refractivity contribution in [2.45, 2.75) is 0 Å². The van der Waals surface area contributed by atoms with E-state index in [4.69, 9.17) is 16.7 Å². The Bertz CT molecular complexity index is 813. The van der Waals surface area contributed by atoms with E-state index in [1.165, 1.54) is 11.3 Å². The summed E-state index contributed by atoms with van der Waals surface area (Å²) in [5.74, 6) is -0.942. The van der Waals surface area contributed by atoms with E-state index < -0.39 is 5.97 Å². The minimum Gasteiger partial charge on any atom is -0.478 e. The minimum absolute atomic E-state index is 0.254. The number of hydrogen-bond donors (Lipinski definition) is 1. The fourth-order valence-electron chi connectivity index (χ4n) is 1.97. The first-order valence-electron chi connectivity index (χ1n) is 6.19. The molecule has 0 saturated carbocycles. The number of aromatic nitrogens is 1. The maximum Gasteiger partial charge on any atom is 0.335 e. The summed E-state index contributed by atoms with van der Waals surface area (Å²) in [6.07, 6.45) is 0. The van der Waals surface area contributed by atoms with Crippen molar-refractivity contribution in [3.63, 3.8) is 0 Å². The van der Waals surface area contributed by atoms with Gasteiger partial charge >= 0.3 is 5.97 Å². The lowest BCUT2D eigenvalue weighted by Gasteiger charge is -1.99. The second kappa shape index (κ2) is 5.68. The molecular formula is C16H10ClNO2S. The Hall–Kier alpha value is -2.17. The lowest BCUT2D eigenvalue weighted by molar-refractivity contribution is 0.0697. The lowest BCUT2D eigenvalue weighted by Crippen LogP contribution is -1.95. The van der Waals surface area contributed by atoms with Crippen molar-refractivity contribution in [2.75, 3.05) is 0 Å². The molecule has 1 N–H and O–H groups in total. The highest BCUT2D eigenvalue weighted by molar-refractivity contribution is 7.13. The zero-order valence-corrected chi connectivity index (χ0v) is 12.4. The highest BCUT2D eigenvalue weighted by atomic mass is 35.5. The van der Waals surface area contributed by atoms with E-state index in [-0.39, 0.29) is 5.56 Å². The molecule has 5 heteroatoms. The van der Waals surface area contributed by atoms with Gasteiger partial charge in [0.05, 0.1) is 11.3 Å². The van der Waals surface area contributed by atoms with Gasteiger partial charge < -0.3 is 5.11 Å². The van der Waals surface area contributed by atoms with Gasteiger partial charge in [0.1, 0.15) is 5.01 Å². The summed E-state index contributed by atoms with van der Waals surface area (Å²) < 4.78 is 0. The van der Waals surface area contributed by atoms with E-state index >= 15 is 0 Å². The second-order valence-electron chi connectivity index (χ2n) is 4.43. The molecular weight excluding hydrogens is 306 g/mol. The molecule has 1 heterocycles. The Kier molecular flexibility index (Phi) is 3.73. The third-order valence-corrected chi connectivity index (χ3v) is 4.11. The molecule has 0 bridgehead atoms. The average molecular weight is 316 g/mol. The number of carboxylic acid groups (broad SMARTS) is 1. The predicted molar refractivity (Wildman–Crippen MR) is 85.0 cm³/mol. The summed E-state index contributed by atoms with van der Waals surface area (Å²) in [6, 6.07) is 14.3. The summed E-state index contributed by atoms with van der Waals surface area (Å²) in [7, 11) is 0. The smallest absolute Gasteiger partial charge is 0.335 e. The van der Waals surface area contributed by atoms with Crippen molar-refractivity contribution in [3.05, 3.63) is 64.5 Å². The van der Waals surface area contributed by atoms with Crippen LogP contribution in [0.1, 0.15) is 10.4 Å². The van der Waals surface area contributed by atoms with Crippen LogP contribution in [0, 0.1) is 0 Å². The van der Waals surface area contributed by atoms with Gasteiger partial charge in [0.2, 0.25) is 0 Å². The van der Waals surface area contributed by atoms with Gasteiger partial charge in [-0.05, 0) is 24.3 Å². The van der Waals surface area contributed by atoms with Gasteiger partial charge in [0, 0.05) is 21.5 Å². The van der Waals surface area contributed by atoms with Crippen LogP contribution in [0.2, 0.25) is 5.02 Å². The van der Waals surface area contributed by atoms with E-state index in [1.807, 2.05) is 35.7 Å². The Morgan fingerprint density at radius 2 is 1.86 bits per heavy atom. The van der Waals surface area contributed by atoms with Gasteiger partial charge in [-0.3, -0.25) is 0 Å². The molecule has 1 aromatic heterocycles. The number of halogens is 1. The van der Waals surface area contributed by atoms with Crippen LogP contribution in [0.25, 0.3) is 21.8 Å². The highest BCUT2D eigenvalue weighted by Gasteiger charge is 2.09. The molecule has 0 saturated heterocycles.